The van der Waals surface area contributed by atoms with Crippen LogP contribution in [0.1, 0.15) is 17.0 Å². The number of benzene rings is 1. The molecule has 0 aliphatic heterocycles. The molecule has 0 saturated carbocycles. The summed E-state index contributed by atoms with van der Waals surface area (Å²) in [7, 11) is 1.66. The molecule has 4 rings (SSSR count). The number of fused-ring (bicyclic) bond motifs is 3. The van der Waals surface area contributed by atoms with Crippen molar-refractivity contribution in [2.45, 2.75) is 33.4 Å². The van der Waals surface area contributed by atoms with Crippen molar-refractivity contribution in [1.29, 1.82) is 0 Å². The minimum Gasteiger partial charge on any atom is -0.310 e. The fraction of sp³-hybridized carbons (Fsp3) is 0.286. The van der Waals surface area contributed by atoms with Crippen molar-refractivity contribution in [3.63, 3.8) is 0 Å². The van der Waals surface area contributed by atoms with E-state index >= 15 is 0 Å². The van der Waals surface area contributed by atoms with E-state index in [2.05, 4.69) is 11.6 Å². The summed E-state index contributed by atoms with van der Waals surface area (Å²) in [5, 5.41) is 0. The third-order valence-corrected chi connectivity index (χ3v) is 5.41. The summed E-state index contributed by atoms with van der Waals surface area (Å²) in [6.07, 6.45) is 2.40. The molecule has 28 heavy (non-hydrogen) atoms. The zero-order valence-corrected chi connectivity index (χ0v) is 16.3. The Morgan fingerprint density at radius 1 is 1.07 bits per heavy atom. The molecule has 0 radical (unpaired) electrons. The van der Waals surface area contributed by atoms with E-state index in [0.29, 0.717) is 36.5 Å². The molecule has 7 heteroatoms. The van der Waals surface area contributed by atoms with Crippen LogP contribution in [0.15, 0.2) is 52.6 Å². The third kappa shape index (κ3) is 2.54. The first-order chi connectivity index (χ1) is 13.5. The zero-order chi connectivity index (χ0) is 20.0. The van der Waals surface area contributed by atoms with E-state index in [1.54, 1.807) is 13.1 Å². The van der Waals surface area contributed by atoms with Gasteiger partial charge < -0.3 is 4.57 Å². The normalized spacial score (nSPS) is 11.5. The molecule has 0 spiro atoms. The monoisotopic (exact) mass is 377 g/mol. The first-order valence-corrected chi connectivity index (χ1v) is 9.28. The van der Waals surface area contributed by atoms with Crippen molar-refractivity contribution in [2.24, 2.45) is 7.05 Å². The molecule has 0 amide bonds. The van der Waals surface area contributed by atoms with Crippen LogP contribution in [-0.2, 0) is 26.6 Å². The van der Waals surface area contributed by atoms with Gasteiger partial charge in [-0.3, -0.25) is 18.3 Å². The van der Waals surface area contributed by atoms with Gasteiger partial charge in [0.1, 0.15) is 0 Å². The number of hydrogen-bond acceptors (Lipinski definition) is 3. The molecule has 7 nitrogen and oxygen atoms in total. The summed E-state index contributed by atoms with van der Waals surface area (Å²) in [5.74, 6) is 0.651. The predicted octanol–water partition coefficient (Wildman–Crippen LogP) is 2.19. The minimum absolute atomic E-state index is 0.305. The number of aryl methyl sites for hydroxylation is 3. The van der Waals surface area contributed by atoms with E-state index in [1.807, 2.05) is 53.1 Å². The summed E-state index contributed by atoms with van der Waals surface area (Å²) >= 11 is 0. The van der Waals surface area contributed by atoms with Gasteiger partial charge in [-0.15, -0.1) is 6.58 Å². The van der Waals surface area contributed by atoms with Gasteiger partial charge in [-0.25, -0.2) is 4.79 Å². The predicted molar refractivity (Wildman–Crippen MR) is 110 cm³/mol. The lowest BCUT2D eigenvalue weighted by molar-refractivity contribution is 0.602. The first kappa shape index (κ1) is 18.0. The van der Waals surface area contributed by atoms with Crippen LogP contribution in [0.3, 0.4) is 0 Å². The zero-order valence-electron chi connectivity index (χ0n) is 16.3. The first-order valence-electron chi connectivity index (χ1n) is 9.28. The molecule has 3 heterocycles. The number of rotatable bonds is 5. The van der Waals surface area contributed by atoms with Gasteiger partial charge in [0, 0.05) is 31.5 Å². The number of hydrogen-bond donors (Lipinski definition) is 0. The van der Waals surface area contributed by atoms with Crippen molar-refractivity contribution >= 4 is 16.9 Å². The van der Waals surface area contributed by atoms with Gasteiger partial charge in [0.25, 0.3) is 5.56 Å². The highest BCUT2D eigenvalue weighted by Gasteiger charge is 2.22. The van der Waals surface area contributed by atoms with Gasteiger partial charge >= 0.3 is 5.69 Å². The van der Waals surface area contributed by atoms with E-state index in [0.717, 1.165) is 17.0 Å². The number of nitrogens with zero attached hydrogens (tertiary/aromatic N) is 5. The van der Waals surface area contributed by atoms with Crippen LogP contribution in [0.25, 0.3) is 16.9 Å². The van der Waals surface area contributed by atoms with Crippen LogP contribution in [0.2, 0.25) is 0 Å². The van der Waals surface area contributed by atoms with Crippen LogP contribution in [-0.4, -0.2) is 23.1 Å². The molecular formula is C21H23N5O2. The fourth-order valence-electron chi connectivity index (χ4n) is 3.75. The molecule has 0 N–H and O–H groups in total. The molecule has 0 aliphatic rings. The van der Waals surface area contributed by atoms with Gasteiger partial charge in [0.2, 0.25) is 5.78 Å². The maximum absolute atomic E-state index is 13.3. The lowest BCUT2D eigenvalue weighted by Gasteiger charge is -2.08. The number of allylic oxidation sites excluding steroid dienone is 1. The molecular weight excluding hydrogens is 354 g/mol. The molecule has 0 bridgehead atoms. The second-order valence-corrected chi connectivity index (χ2v) is 7.02. The maximum atomic E-state index is 13.3. The molecule has 0 unspecified atom stereocenters. The Morgan fingerprint density at radius 2 is 1.79 bits per heavy atom. The van der Waals surface area contributed by atoms with Gasteiger partial charge in [-0.1, -0.05) is 36.4 Å². The van der Waals surface area contributed by atoms with E-state index in [-0.39, 0.29) is 11.2 Å². The van der Waals surface area contributed by atoms with Crippen LogP contribution >= 0.6 is 0 Å². The quantitative estimate of drug-likeness (QED) is 0.501. The van der Waals surface area contributed by atoms with Gasteiger partial charge in [0.05, 0.1) is 0 Å². The topological polar surface area (TPSA) is 66.2 Å². The van der Waals surface area contributed by atoms with Crippen LogP contribution in [0, 0.1) is 13.8 Å². The SMILES string of the molecule is C=CCn1c(C)c(C)n2c3c(=O)n(CCc4ccccc4)c(=O)n(C)c3nc12. The molecule has 3 aromatic heterocycles. The van der Waals surface area contributed by atoms with E-state index in [4.69, 9.17) is 0 Å². The molecule has 144 valence electrons. The Kier molecular flexibility index (Phi) is 4.30. The van der Waals surface area contributed by atoms with Crippen molar-refractivity contribution in [3.05, 3.63) is 80.8 Å². The lowest BCUT2D eigenvalue weighted by Crippen LogP contribution is -2.39. The van der Waals surface area contributed by atoms with Crippen LogP contribution in [0.4, 0.5) is 0 Å². The van der Waals surface area contributed by atoms with Crippen molar-refractivity contribution < 1.29 is 0 Å². The summed E-state index contributed by atoms with van der Waals surface area (Å²) < 4.78 is 6.63. The Bertz CT molecular complexity index is 1320. The van der Waals surface area contributed by atoms with Gasteiger partial charge in [-0.05, 0) is 25.8 Å². The summed E-state index contributed by atoms with van der Waals surface area (Å²) in [6, 6.07) is 9.84. The van der Waals surface area contributed by atoms with Crippen molar-refractivity contribution in [2.75, 3.05) is 0 Å². The Balaban J connectivity index is 1.96. The summed E-state index contributed by atoms with van der Waals surface area (Å²) in [5.41, 5.74) is 3.23. The number of aromatic nitrogens is 5. The van der Waals surface area contributed by atoms with Gasteiger partial charge in [-0.2, -0.15) is 4.98 Å². The molecule has 0 fully saturated rings. The van der Waals surface area contributed by atoms with Crippen LogP contribution in [0.5, 0.6) is 0 Å². The van der Waals surface area contributed by atoms with E-state index in [9.17, 15) is 9.59 Å². The fourth-order valence-corrected chi connectivity index (χ4v) is 3.75. The van der Waals surface area contributed by atoms with Gasteiger partial charge in [0.15, 0.2) is 11.2 Å². The lowest BCUT2D eigenvalue weighted by atomic mass is 10.1. The third-order valence-electron chi connectivity index (χ3n) is 5.41. The molecule has 0 atom stereocenters. The van der Waals surface area contributed by atoms with E-state index in [1.165, 1.54) is 9.13 Å². The molecule has 4 aromatic rings. The summed E-state index contributed by atoms with van der Waals surface area (Å²) in [6.45, 7) is 8.67. The smallest absolute Gasteiger partial charge is 0.310 e. The van der Waals surface area contributed by atoms with Crippen LogP contribution < -0.4 is 11.2 Å². The summed E-state index contributed by atoms with van der Waals surface area (Å²) in [4.78, 5) is 30.8. The average Bonchev–Trinajstić information content (AvgIpc) is 3.19. The average molecular weight is 377 g/mol. The maximum Gasteiger partial charge on any atom is 0.332 e. The molecule has 0 saturated heterocycles. The highest BCUT2D eigenvalue weighted by Crippen LogP contribution is 2.20. The highest BCUT2D eigenvalue weighted by atomic mass is 16.2. The van der Waals surface area contributed by atoms with Crippen molar-refractivity contribution in [3.8, 4) is 0 Å². The second-order valence-electron chi connectivity index (χ2n) is 7.02. The van der Waals surface area contributed by atoms with Crippen molar-refractivity contribution in [1.82, 2.24) is 23.1 Å². The Hall–Kier alpha value is -3.35. The number of imidazole rings is 2. The standard InChI is InChI=1S/C21H23N5O2/c1-5-12-24-14(2)15(3)26-17-18(22-20(24)26)23(4)21(28)25(19(17)27)13-11-16-9-7-6-8-10-16/h5-10H,1,11-13H2,2-4H3. The Morgan fingerprint density at radius 3 is 2.46 bits per heavy atom. The molecule has 1 aromatic carbocycles. The van der Waals surface area contributed by atoms with E-state index < -0.39 is 0 Å². The Labute approximate surface area is 161 Å². The largest absolute Gasteiger partial charge is 0.332 e. The molecule has 0 aliphatic carbocycles. The minimum atomic E-state index is -0.348. The highest BCUT2D eigenvalue weighted by molar-refractivity contribution is 5.76. The second kappa shape index (κ2) is 6.67.